The van der Waals surface area contributed by atoms with Crippen LogP contribution in [0.25, 0.3) is 0 Å². The van der Waals surface area contributed by atoms with Gasteiger partial charge in [0.25, 0.3) is 0 Å². The van der Waals surface area contributed by atoms with Gasteiger partial charge in [-0.15, -0.1) is 0 Å². The summed E-state index contributed by atoms with van der Waals surface area (Å²) in [6, 6.07) is 2.32. The number of aliphatic carboxylic acids is 1. The summed E-state index contributed by atoms with van der Waals surface area (Å²) in [5.41, 5.74) is 1.88. The van der Waals surface area contributed by atoms with Gasteiger partial charge in [-0.25, -0.2) is 9.97 Å². The Morgan fingerprint density at radius 2 is 2.00 bits per heavy atom. The standard InChI is InChI=1S/C13H17N3O2/c1-7-5-8(2)15-13(14-7)16-9-3-4-11(16)10(6-9)12(17)18/h5,9-11H,3-4,6H2,1-2H3,(H,17,18). The molecule has 2 bridgehead atoms. The van der Waals surface area contributed by atoms with E-state index in [1.165, 1.54) is 0 Å². The van der Waals surface area contributed by atoms with Crippen LogP contribution in [0.15, 0.2) is 6.07 Å². The first-order chi connectivity index (χ1) is 8.56. The van der Waals surface area contributed by atoms with Crippen molar-refractivity contribution in [2.24, 2.45) is 5.92 Å². The maximum atomic E-state index is 11.2. The second-order valence-corrected chi connectivity index (χ2v) is 5.34. The number of rotatable bonds is 2. The van der Waals surface area contributed by atoms with Crippen molar-refractivity contribution in [1.82, 2.24) is 9.97 Å². The molecule has 96 valence electrons. The lowest BCUT2D eigenvalue weighted by Gasteiger charge is -2.23. The summed E-state index contributed by atoms with van der Waals surface area (Å²) < 4.78 is 0. The van der Waals surface area contributed by atoms with E-state index in [4.69, 9.17) is 0 Å². The number of carboxylic acids is 1. The highest BCUT2D eigenvalue weighted by atomic mass is 16.4. The Kier molecular flexibility index (Phi) is 2.50. The van der Waals surface area contributed by atoms with Gasteiger partial charge in [0.15, 0.2) is 0 Å². The average Bonchev–Trinajstić information content (AvgIpc) is 2.84. The molecule has 0 aromatic carbocycles. The van der Waals surface area contributed by atoms with Crippen LogP contribution < -0.4 is 4.90 Å². The fourth-order valence-corrected chi connectivity index (χ4v) is 3.39. The van der Waals surface area contributed by atoms with E-state index in [0.29, 0.717) is 12.0 Å². The van der Waals surface area contributed by atoms with Gasteiger partial charge in [0.05, 0.1) is 5.92 Å². The molecule has 1 aromatic rings. The fraction of sp³-hybridized carbons (Fsp3) is 0.615. The molecule has 2 saturated heterocycles. The molecule has 1 aromatic heterocycles. The fourth-order valence-electron chi connectivity index (χ4n) is 3.39. The summed E-state index contributed by atoms with van der Waals surface area (Å²) in [5, 5.41) is 9.24. The third kappa shape index (κ3) is 1.65. The second kappa shape index (κ2) is 3.93. The Labute approximate surface area is 106 Å². The van der Waals surface area contributed by atoms with Crippen LogP contribution in [0.3, 0.4) is 0 Å². The van der Waals surface area contributed by atoms with Crippen molar-refractivity contribution < 1.29 is 9.90 Å². The maximum absolute atomic E-state index is 11.2. The van der Waals surface area contributed by atoms with Crippen LogP contribution in [0.2, 0.25) is 0 Å². The SMILES string of the molecule is Cc1cc(C)nc(N2C3CCC2C(C(=O)O)C3)n1. The molecule has 0 radical (unpaired) electrons. The molecule has 2 aliphatic rings. The lowest BCUT2D eigenvalue weighted by Crippen LogP contribution is -2.34. The lowest BCUT2D eigenvalue weighted by molar-refractivity contribution is -0.142. The Balaban J connectivity index is 1.96. The molecule has 1 N–H and O–H groups in total. The molecule has 5 heteroatoms. The molecule has 3 rings (SSSR count). The molecule has 3 unspecified atom stereocenters. The molecule has 0 aliphatic carbocycles. The summed E-state index contributed by atoms with van der Waals surface area (Å²) in [4.78, 5) is 22.3. The van der Waals surface area contributed by atoms with Crippen molar-refractivity contribution in [2.75, 3.05) is 4.90 Å². The second-order valence-electron chi connectivity index (χ2n) is 5.34. The van der Waals surface area contributed by atoms with E-state index in [-0.39, 0.29) is 12.0 Å². The van der Waals surface area contributed by atoms with E-state index in [2.05, 4.69) is 14.9 Å². The predicted octanol–water partition coefficient (Wildman–Crippen LogP) is 1.54. The van der Waals surface area contributed by atoms with Gasteiger partial charge in [-0.2, -0.15) is 0 Å². The van der Waals surface area contributed by atoms with Gasteiger partial charge in [0.2, 0.25) is 5.95 Å². The monoisotopic (exact) mass is 247 g/mol. The number of hydrogen-bond donors (Lipinski definition) is 1. The molecule has 2 aliphatic heterocycles. The predicted molar refractivity (Wildman–Crippen MR) is 66.5 cm³/mol. The molecule has 5 nitrogen and oxygen atoms in total. The van der Waals surface area contributed by atoms with Crippen LogP contribution in [0, 0.1) is 19.8 Å². The van der Waals surface area contributed by atoms with Crippen molar-refractivity contribution in [3.63, 3.8) is 0 Å². The van der Waals surface area contributed by atoms with Crippen LogP contribution in [0.1, 0.15) is 30.7 Å². The molecule has 0 spiro atoms. The number of anilines is 1. The lowest BCUT2D eigenvalue weighted by atomic mass is 9.89. The largest absolute Gasteiger partial charge is 0.481 e. The summed E-state index contributed by atoms with van der Waals surface area (Å²) in [7, 11) is 0. The van der Waals surface area contributed by atoms with Gasteiger partial charge < -0.3 is 10.0 Å². The molecule has 3 heterocycles. The summed E-state index contributed by atoms with van der Waals surface area (Å²) in [5.74, 6) is -0.228. The zero-order valence-electron chi connectivity index (χ0n) is 10.6. The van der Waals surface area contributed by atoms with E-state index in [1.807, 2.05) is 19.9 Å². The van der Waals surface area contributed by atoms with Crippen LogP contribution >= 0.6 is 0 Å². The number of aromatic nitrogens is 2. The van der Waals surface area contributed by atoms with E-state index in [9.17, 15) is 9.90 Å². The molecule has 18 heavy (non-hydrogen) atoms. The van der Waals surface area contributed by atoms with Crippen LogP contribution in [0.4, 0.5) is 5.95 Å². The topological polar surface area (TPSA) is 66.3 Å². The number of carboxylic acid groups (broad SMARTS) is 1. The summed E-state index contributed by atoms with van der Waals surface area (Å²) in [6.07, 6.45) is 2.74. The molecule has 0 saturated carbocycles. The van der Waals surface area contributed by atoms with Crippen LogP contribution in [-0.4, -0.2) is 33.1 Å². The number of carbonyl (C=O) groups is 1. The minimum atomic E-state index is -0.684. The zero-order chi connectivity index (χ0) is 12.9. The van der Waals surface area contributed by atoms with Crippen molar-refractivity contribution >= 4 is 11.9 Å². The third-order valence-corrected chi connectivity index (χ3v) is 4.06. The highest BCUT2D eigenvalue weighted by Crippen LogP contribution is 2.43. The normalized spacial score (nSPS) is 29.9. The zero-order valence-corrected chi connectivity index (χ0v) is 10.6. The Bertz CT molecular complexity index is 483. The number of aryl methyl sites for hydroxylation is 2. The highest BCUT2D eigenvalue weighted by molar-refractivity contribution is 5.73. The van der Waals surface area contributed by atoms with E-state index < -0.39 is 5.97 Å². The first-order valence-electron chi connectivity index (χ1n) is 6.39. The Hall–Kier alpha value is -1.65. The van der Waals surface area contributed by atoms with Gasteiger partial charge in [-0.05, 0) is 39.2 Å². The molecule has 3 atom stereocenters. The van der Waals surface area contributed by atoms with Gasteiger partial charge in [-0.3, -0.25) is 4.79 Å². The average molecular weight is 247 g/mol. The van der Waals surface area contributed by atoms with Crippen molar-refractivity contribution in [3.8, 4) is 0 Å². The van der Waals surface area contributed by atoms with Crippen molar-refractivity contribution in [3.05, 3.63) is 17.5 Å². The van der Waals surface area contributed by atoms with Crippen LogP contribution in [-0.2, 0) is 4.79 Å². The Morgan fingerprint density at radius 1 is 1.33 bits per heavy atom. The van der Waals surface area contributed by atoms with Gasteiger partial charge in [0.1, 0.15) is 0 Å². The van der Waals surface area contributed by atoms with Crippen molar-refractivity contribution in [1.29, 1.82) is 0 Å². The number of hydrogen-bond acceptors (Lipinski definition) is 4. The maximum Gasteiger partial charge on any atom is 0.308 e. The highest BCUT2D eigenvalue weighted by Gasteiger charge is 2.50. The quantitative estimate of drug-likeness (QED) is 0.858. The molecule has 0 amide bonds. The van der Waals surface area contributed by atoms with E-state index >= 15 is 0 Å². The smallest absolute Gasteiger partial charge is 0.308 e. The molecular weight excluding hydrogens is 230 g/mol. The third-order valence-electron chi connectivity index (χ3n) is 4.06. The molecular formula is C13H17N3O2. The van der Waals surface area contributed by atoms with Gasteiger partial charge >= 0.3 is 5.97 Å². The van der Waals surface area contributed by atoms with Crippen molar-refractivity contribution in [2.45, 2.75) is 45.2 Å². The first-order valence-corrected chi connectivity index (χ1v) is 6.39. The minimum absolute atomic E-state index is 0.0775. The number of nitrogens with zero attached hydrogens (tertiary/aromatic N) is 3. The minimum Gasteiger partial charge on any atom is -0.481 e. The number of fused-ring (bicyclic) bond motifs is 2. The summed E-state index contributed by atoms with van der Waals surface area (Å²) in [6.45, 7) is 3.90. The van der Waals surface area contributed by atoms with Crippen LogP contribution in [0.5, 0.6) is 0 Å². The van der Waals surface area contributed by atoms with Gasteiger partial charge in [-0.1, -0.05) is 0 Å². The summed E-state index contributed by atoms with van der Waals surface area (Å²) >= 11 is 0. The molecule has 2 fully saturated rings. The first kappa shape index (κ1) is 11.4. The Morgan fingerprint density at radius 3 is 2.56 bits per heavy atom. The van der Waals surface area contributed by atoms with Gasteiger partial charge in [0, 0.05) is 23.5 Å². The van der Waals surface area contributed by atoms with E-state index in [1.54, 1.807) is 0 Å². The van der Waals surface area contributed by atoms with E-state index in [0.717, 1.165) is 30.7 Å².